The van der Waals surface area contributed by atoms with Crippen molar-refractivity contribution in [2.24, 2.45) is 0 Å². The molecule has 0 aliphatic carbocycles. The van der Waals surface area contributed by atoms with Crippen LogP contribution in [-0.2, 0) is 0 Å². The number of nitrogens with zero attached hydrogens (tertiary/aromatic N) is 4. The maximum Gasteiger partial charge on any atom is 0.220 e. The number of rotatable bonds is 1. The van der Waals surface area contributed by atoms with Crippen LogP contribution in [-0.4, -0.2) is 25.0 Å². The molecule has 3 aromatic rings. The van der Waals surface area contributed by atoms with E-state index in [0.29, 0.717) is 11.3 Å². The van der Waals surface area contributed by atoms with Crippen LogP contribution < -0.4 is 0 Å². The SMILES string of the molecule is Brc1cccc(-n2nc3nc[nH]c3n2)c1. The van der Waals surface area contributed by atoms with Crippen molar-refractivity contribution in [2.75, 3.05) is 0 Å². The zero-order valence-corrected chi connectivity index (χ0v) is 9.14. The molecule has 0 aliphatic heterocycles. The summed E-state index contributed by atoms with van der Waals surface area (Å²) in [6.07, 6.45) is 1.58. The summed E-state index contributed by atoms with van der Waals surface area (Å²) in [6, 6.07) is 7.77. The highest BCUT2D eigenvalue weighted by molar-refractivity contribution is 9.10. The summed E-state index contributed by atoms with van der Waals surface area (Å²) in [4.78, 5) is 8.49. The van der Waals surface area contributed by atoms with E-state index < -0.39 is 0 Å². The summed E-state index contributed by atoms with van der Waals surface area (Å²) in [7, 11) is 0. The van der Waals surface area contributed by atoms with E-state index >= 15 is 0 Å². The van der Waals surface area contributed by atoms with E-state index in [2.05, 4.69) is 36.1 Å². The van der Waals surface area contributed by atoms with Crippen molar-refractivity contribution >= 4 is 27.2 Å². The van der Waals surface area contributed by atoms with E-state index in [0.717, 1.165) is 10.2 Å². The standard InChI is InChI=1S/C9H6BrN5/c10-6-2-1-3-7(4-6)15-13-8-9(14-15)12-5-11-8/h1-5H,(H,11,12,13,14). The van der Waals surface area contributed by atoms with Crippen molar-refractivity contribution in [1.29, 1.82) is 0 Å². The number of aromatic nitrogens is 5. The molecule has 0 radical (unpaired) electrons. The fourth-order valence-electron chi connectivity index (χ4n) is 1.35. The monoisotopic (exact) mass is 263 g/mol. The fourth-order valence-corrected chi connectivity index (χ4v) is 1.74. The van der Waals surface area contributed by atoms with Gasteiger partial charge >= 0.3 is 0 Å². The molecule has 0 bridgehead atoms. The van der Waals surface area contributed by atoms with Gasteiger partial charge < -0.3 is 4.98 Å². The van der Waals surface area contributed by atoms with Crippen molar-refractivity contribution in [3.05, 3.63) is 35.1 Å². The number of hydrogen-bond donors (Lipinski definition) is 1. The summed E-state index contributed by atoms with van der Waals surface area (Å²) in [5, 5.41) is 8.48. The summed E-state index contributed by atoms with van der Waals surface area (Å²) >= 11 is 3.40. The average molecular weight is 264 g/mol. The lowest BCUT2D eigenvalue weighted by molar-refractivity contribution is 0.757. The molecule has 2 heterocycles. The maximum atomic E-state index is 4.25. The van der Waals surface area contributed by atoms with Gasteiger partial charge in [0.2, 0.25) is 11.3 Å². The summed E-state index contributed by atoms with van der Waals surface area (Å²) in [6.45, 7) is 0. The van der Waals surface area contributed by atoms with E-state index in [1.165, 1.54) is 0 Å². The topological polar surface area (TPSA) is 59.4 Å². The minimum absolute atomic E-state index is 0.620. The zero-order valence-electron chi connectivity index (χ0n) is 7.55. The molecule has 0 aliphatic rings. The molecule has 0 unspecified atom stereocenters. The Morgan fingerprint density at radius 3 is 3.00 bits per heavy atom. The number of nitrogens with one attached hydrogen (secondary N) is 1. The minimum atomic E-state index is 0.620. The van der Waals surface area contributed by atoms with Crippen LogP contribution in [0.25, 0.3) is 17.0 Å². The maximum absolute atomic E-state index is 4.25. The van der Waals surface area contributed by atoms with Gasteiger partial charge in [-0.25, -0.2) is 4.98 Å². The lowest BCUT2D eigenvalue weighted by Gasteiger charge is -1.98. The second-order valence-electron chi connectivity index (χ2n) is 3.04. The highest BCUT2D eigenvalue weighted by Crippen LogP contribution is 2.14. The van der Waals surface area contributed by atoms with Crippen LogP contribution in [0.1, 0.15) is 0 Å². The molecule has 3 rings (SSSR count). The van der Waals surface area contributed by atoms with Crippen molar-refractivity contribution in [3.63, 3.8) is 0 Å². The van der Waals surface area contributed by atoms with E-state index in [4.69, 9.17) is 0 Å². The molecule has 6 heteroatoms. The van der Waals surface area contributed by atoms with Crippen molar-refractivity contribution in [1.82, 2.24) is 25.0 Å². The first-order valence-electron chi connectivity index (χ1n) is 4.35. The van der Waals surface area contributed by atoms with Gasteiger partial charge in [0.15, 0.2) is 0 Å². The number of imidazole rings is 1. The first-order valence-corrected chi connectivity index (χ1v) is 5.14. The molecule has 1 aromatic carbocycles. The Bertz CT molecular complexity index is 583. The number of benzene rings is 1. The zero-order chi connectivity index (χ0) is 10.3. The molecule has 0 atom stereocenters. The van der Waals surface area contributed by atoms with Crippen LogP contribution in [0.2, 0.25) is 0 Å². The molecular formula is C9H6BrN5. The van der Waals surface area contributed by atoms with E-state index in [9.17, 15) is 0 Å². The number of hydrogen-bond acceptors (Lipinski definition) is 3. The molecule has 0 saturated heterocycles. The Labute approximate surface area is 93.3 Å². The van der Waals surface area contributed by atoms with Gasteiger partial charge in [0, 0.05) is 4.47 Å². The van der Waals surface area contributed by atoms with Crippen LogP contribution in [0.5, 0.6) is 0 Å². The molecule has 5 nitrogen and oxygen atoms in total. The molecule has 0 spiro atoms. The highest BCUT2D eigenvalue weighted by Gasteiger charge is 2.05. The highest BCUT2D eigenvalue weighted by atomic mass is 79.9. The lowest BCUT2D eigenvalue weighted by Crippen LogP contribution is -1.98. The Morgan fingerprint density at radius 1 is 1.27 bits per heavy atom. The fraction of sp³-hybridized carbons (Fsp3) is 0. The average Bonchev–Trinajstić information content (AvgIpc) is 2.76. The number of halogens is 1. The second-order valence-corrected chi connectivity index (χ2v) is 3.96. The van der Waals surface area contributed by atoms with Gasteiger partial charge in [0.1, 0.15) is 0 Å². The quantitative estimate of drug-likeness (QED) is 0.730. The molecule has 0 amide bonds. The van der Waals surface area contributed by atoms with Crippen LogP contribution >= 0.6 is 15.9 Å². The molecular weight excluding hydrogens is 258 g/mol. The van der Waals surface area contributed by atoms with Crippen molar-refractivity contribution in [3.8, 4) is 5.69 Å². The predicted molar refractivity (Wildman–Crippen MR) is 58.7 cm³/mol. The van der Waals surface area contributed by atoms with Gasteiger partial charge in [0.05, 0.1) is 12.0 Å². The summed E-state index contributed by atoms with van der Waals surface area (Å²) in [5.74, 6) is 0. The molecule has 15 heavy (non-hydrogen) atoms. The van der Waals surface area contributed by atoms with E-state index in [-0.39, 0.29) is 0 Å². The molecule has 1 N–H and O–H groups in total. The second kappa shape index (κ2) is 3.16. The summed E-state index contributed by atoms with van der Waals surface area (Å²) < 4.78 is 0.994. The Morgan fingerprint density at radius 2 is 2.20 bits per heavy atom. The largest absolute Gasteiger partial charge is 0.326 e. The van der Waals surface area contributed by atoms with Crippen LogP contribution in [0.15, 0.2) is 35.1 Å². The number of aromatic amines is 1. The Kier molecular flexibility index (Phi) is 1.81. The minimum Gasteiger partial charge on any atom is -0.326 e. The number of H-pyrrole nitrogens is 1. The van der Waals surface area contributed by atoms with Gasteiger partial charge in [-0.2, -0.15) is 0 Å². The molecule has 2 aromatic heterocycles. The smallest absolute Gasteiger partial charge is 0.220 e. The van der Waals surface area contributed by atoms with Gasteiger partial charge in [0.25, 0.3) is 0 Å². The normalized spacial score (nSPS) is 11.0. The third kappa shape index (κ3) is 1.42. The van der Waals surface area contributed by atoms with Crippen LogP contribution in [0.4, 0.5) is 0 Å². The molecule has 74 valence electrons. The van der Waals surface area contributed by atoms with Gasteiger partial charge in [-0.05, 0) is 18.2 Å². The Hall–Kier alpha value is -1.69. The van der Waals surface area contributed by atoms with E-state index in [1.807, 2.05) is 24.3 Å². The predicted octanol–water partition coefficient (Wildman–Crippen LogP) is 1.91. The van der Waals surface area contributed by atoms with Gasteiger partial charge in [-0.15, -0.1) is 15.0 Å². The van der Waals surface area contributed by atoms with E-state index in [1.54, 1.807) is 11.1 Å². The molecule has 0 fully saturated rings. The van der Waals surface area contributed by atoms with Gasteiger partial charge in [-0.3, -0.25) is 0 Å². The van der Waals surface area contributed by atoms with Gasteiger partial charge in [-0.1, -0.05) is 22.0 Å². The third-order valence-electron chi connectivity index (χ3n) is 2.02. The third-order valence-corrected chi connectivity index (χ3v) is 2.52. The van der Waals surface area contributed by atoms with Crippen LogP contribution in [0.3, 0.4) is 0 Å². The molecule has 0 saturated carbocycles. The van der Waals surface area contributed by atoms with Crippen molar-refractivity contribution < 1.29 is 0 Å². The first kappa shape index (κ1) is 8.60. The van der Waals surface area contributed by atoms with Crippen molar-refractivity contribution in [2.45, 2.75) is 0 Å². The first-order chi connectivity index (χ1) is 7.33. The van der Waals surface area contributed by atoms with Crippen LogP contribution in [0, 0.1) is 0 Å². The number of fused-ring (bicyclic) bond motifs is 1. The summed E-state index contributed by atoms with van der Waals surface area (Å²) in [5.41, 5.74) is 2.21. The lowest BCUT2D eigenvalue weighted by atomic mass is 10.3. The Balaban J connectivity index is 2.17.